The minimum atomic E-state index is 1.09. The van der Waals surface area contributed by atoms with Crippen LogP contribution in [0.5, 0.6) is 0 Å². The molecule has 0 heterocycles. The summed E-state index contributed by atoms with van der Waals surface area (Å²) in [6, 6.07) is 39.7. The van der Waals surface area contributed by atoms with E-state index in [0.29, 0.717) is 0 Å². The quantitative estimate of drug-likeness (QED) is 0.195. The molecule has 0 nitrogen and oxygen atoms in total. The average Bonchev–Trinajstić information content (AvgIpc) is 3.03. The van der Waals surface area contributed by atoms with Gasteiger partial charge in [0.2, 0.25) is 0 Å². The van der Waals surface area contributed by atoms with E-state index in [-0.39, 0.29) is 0 Å². The average molecular weight is 525 g/mol. The highest BCUT2D eigenvalue weighted by atomic mass is 14.2. The van der Waals surface area contributed by atoms with Crippen molar-refractivity contribution in [3.8, 4) is 33.4 Å². The minimum absolute atomic E-state index is 1.09. The molecule has 0 aromatic heterocycles. The number of hydrogen-bond donors (Lipinski definition) is 0. The summed E-state index contributed by atoms with van der Waals surface area (Å²) in [6.45, 7) is 14.1. The van der Waals surface area contributed by atoms with Crippen LogP contribution in [-0.4, -0.2) is 0 Å². The molecule has 0 heteroatoms. The second-order valence-electron chi connectivity index (χ2n) is 10.2. The molecule has 0 aliphatic heterocycles. The Balaban J connectivity index is 1.54. The first-order chi connectivity index (χ1) is 20.2. The molecule has 41 heavy (non-hydrogen) atoms. The van der Waals surface area contributed by atoms with Crippen LogP contribution < -0.4 is 0 Å². The second kappa shape index (κ2) is 11.1. The van der Waals surface area contributed by atoms with Crippen molar-refractivity contribution in [3.63, 3.8) is 0 Å². The smallest absolute Gasteiger partial charge is 0.00990 e. The minimum Gasteiger partial charge on any atom is -0.0984 e. The molecule has 0 saturated heterocycles. The van der Waals surface area contributed by atoms with Crippen molar-refractivity contribution in [2.24, 2.45) is 0 Å². The fraction of sp³-hybridized carbons (Fsp3) is 0.0244. The maximum atomic E-state index is 4.06. The van der Waals surface area contributed by atoms with E-state index in [4.69, 9.17) is 0 Å². The lowest BCUT2D eigenvalue weighted by Gasteiger charge is -2.15. The van der Waals surface area contributed by atoms with Crippen LogP contribution in [-0.2, 0) is 0 Å². The summed E-state index contributed by atoms with van der Waals surface area (Å²) >= 11 is 0. The van der Waals surface area contributed by atoms with Crippen molar-refractivity contribution < 1.29 is 0 Å². The van der Waals surface area contributed by atoms with E-state index in [9.17, 15) is 0 Å². The summed E-state index contributed by atoms with van der Waals surface area (Å²) in [6.07, 6.45) is 9.91. The molecule has 0 spiro atoms. The Bertz CT molecular complexity index is 2000. The van der Waals surface area contributed by atoms with Crippen LogP contribution in [0.4, 0.5) is 0 Å². The molecule has 0 aliphatic rings. The van der Waals surface area contributed by atoms with E-state index in [0.717, 1.165) is 16.7 Å². The Labute approximate surface area is 242 Å². The van der Waals surface area contributed by atoms with Gasteiger partial charge < -0.3 is 0 Å². The first-order valence-electron chi connectivity index (χ1n) is 14.0. The molecule has 0 bridgehead atoms. The van der Waals surface area contributed by atoms with Gasteiger partial charge in [0.15, 0.2) is 0 Å². The first kappa shape index (κ1) is 26.0. The van der Waals surface area contributed by atoms with Gasteiger partial charge in [-0.2, -0.15) is 0 Å². The second-order valence-corrected chi connectivity index (χ2v) is 10.2. The third kappa shape index (κ3) is 4.64. The fourth-order valence-electron chi connectivity index (χ4n) is 5.95. The van der Waals surface area contributed by atoms with Gasteiger partial charge in [-0.25, -0.2) is 0 Å². The predicted molar refractivity (Wildman–Crippen MR) is 183 cm³/mol. The van der Waals surface area contributed by atoms with Crippen LogP contribution in [0.1, 0.15) is 29.2 Å². The van der Waals surface area contributed by atoms with Gasteiger partial charge in [0.1, 0.15) is 0 Å². The number of hydrogen-bond acceptors (Lipinski definition) is 0. The van der Waals surface area contributed by atoms with E-state index < -0.39 is 0 Å². The molecular formula is C41H32. The zero-order chi connectivity index (χ0) is 28.3. The molecule has 0 radical (unpaired) electrons. The Hall–Kier alpha value is -5.20. The lowest BCUT2D eigenvalue weighted by atomic mass is 9.88. The maximum absolute atomic E-state index is 4.06. The predicted octanol–water partition coefficient (Wildman–Crippen LogP) is 12.0. The molecule has 0 N–H and O–H groups in total. The highest BCUT2D eigenvalue weighted by Crippen LogP contribution is 2.40. The summed E-state index contributed by atoms with van der Waals surface area (Å²) < 4.78 is 0. The van der Waals surface area contributed by atoms with Gasteiger partial charge in [0.05, 0.1) is 0 Å². The summed E-state index contributed by atoms with van der Waals surface area (Å²) in [5.74, 6) is 0. The molecule has 0 aliphatic carbocycles. The van der Waals surface area contributed by atoms with Crippen LogP contribution >= 0.6 is 0 Å². The monoisotopic (exact) mass is 524 g/mol. The van der Waals surface area contributed by atoms with Crippen LogP contribution in [0.15, 0.2) is 135 Å². The van der Waals surface area contributed by atoms with Gasteiger partial charge in [-0.3, -0.25) is 0 Å². The summed E-state index contributed by atoms with van der Waals surface area (Å²) in [5, 5.41) is 4.95. The molecular weight excluding hydrogens is 492 g/mol. The van der Waals surface area contributed by atoms with E-state index >= 15 is 0 Å². The Morgan fingerprint density at radius 3 is 1.24 bits per heavy atom. The van der Waals surface area contributed by atoms with E-state index in [1.54, 1.807) is 0 Å². The molecule has 196 valence electrons. The lowest BCUT2D eigenvalue weighted by Crippen LogP contribution is -1.89. The highest BCUT2D eigenvalue weighted by molar-refractivity contribution is 6.11. The zero-order valence-electron chi connectivity index (χ0n) is 23.4. The SMILES string of the molecule is C=Cc1ccc(-c2cccc3c(-c4cccc5c(-c6ccc(/C=C\C)c(C=C)c6)cccc45)cccc23)cc1C=C. The summed E-state index contributed by atoms with van der Waals surface area (Å²) in [4.78, 5) is 0. The molecule has 0 fully saturated rings. The standard InChI is InChI=1S/C41H32/c1-5-13-31-23-25-33(27-30(31)8-4)35-15-10-19-39-37(35)17-12-21-41(39)40-20-11-16-36-34(14-9-18-38(36)40)32-24-22-28(6-2)29(7-3)26-32/h5-27H,2-4H2,1H3/b13-5-. The van der Waals surface area contributed by atoms with E-state index in [2.05, 4.69) is 141 Å². The van der Waals surface area contributed by atoms with Gasteiger partial charge in [-0.1, -0.05) is 147 Å². The largest absolute Gasteiger partial charge is 0.0984 e. The molecule has 6 aromatic carbocycles. The van der Waals surface area contributed by atoms with Crippen molar-refractivity contribution >= 4 is 45.8 Å². The van der Waals surface area contributed by atoms with Crippen LogP contribution in [0.2, 0.25) is 0 Å². The van der Waals surface area contributed by atoms with Gasteiger partial charge in [0, 0.05) is 0 Å². The molecule has 6 aromatic rings. The van der Waals surface area contributed by atoms with Gasteiger partial charge in [-0.15, -0.1) is 0 Å². The summed E-state index contributed by atoms with van der Waals surface area (Å²) in [5.41, 5.74) is 11.8. The number of fused-ring (bicyclic) bond motifs is 2. The third-order valence-corrected chi connectivity index (χ3v) is 7.94. The molecule has 0 amide bonds. The molecule has 0 atom stereocenters. The third-order valence-electron chi connectivity index (χ3n) is 7.94. The number of benzene rings is 6. The maximum Gasteiger partial charge on any atom is -0.00990 e. The normalized spacial score (nSPS) is 11.2. The van der Waals surface area contributed by atoms with Crippen LogP contribution in [0, 0.1) is 0 Å². The van der Waals surface area contributed by atoms with Crippen molar-refractivity contribution in [2.75, 3.05) is 0 Å². The fourth-order valence-corrected chi connectivity index (χ4v) is 5.95. The Kier molecular flexibility index (Phi) is 7.06. The van der Waals surface area contributed by atoms with E-state index in [1.807, 2.05) is 25.2 Å². The Morgan fingerprint density at radius 1 is 0.415 bits per heavy atom. The van der Waals surface area contributed by atoms with Crippen LogP contribution in [0.25, 0.3) is 79.2 Å². The first-order valence-corrected chi connectivity index (χ1v) is 14.0. The highest BCUT2D eigenvalue weighted by Gasteiger charge is 2.13. The molecule has 6 rings (SSSR count). The van der Waals surface area contributed by atoms with Crippen molar-refractivity contribution in [2.45, 2.75) is 6.92 Å². The topological polar surface area (TPSA) is 0 Å². The Morgan fingerprint density at radius 2 is 0.805 bits per heavy atom. The van der Waals surface area contributed by atoms with Crippen molar-refractivity contribution in [1.82, 2.24) is 0 Å². The van der Waals surface area contributed by atoms with Crippen LogP contribution in [0.3, 0.4) is 0 Å². The van der Waals surface area contributed by atoms with Gasteiger partial charge in [0.25, 0.3) is 0 Å². The number of rotatable bonds is 7. The zero-order valence-corrected chi connectivity index (χ0v) is 23.4. The lowest BCUT2D eigenvalue weighted by molar-refractivity contribution is 1.58. The molecule has 0 unspecified atom stereocenters. The van der Waals surface area contributed by atoms with Gasteiger partial charge >= 0.3 is 0 Å². The van der Waals surface area contributed by atoms with E-state index in [1.165, 1.54) is 60.5 Å². The number of allylic oxidation sites excluding steroid dienone is 1. The molecule has 0 saturated carbocycles. The van der Waals surface area contributed by atoms with Crippen molar-refractivity contribution in [3.05, 3.63) is 157 Å². The van der Waals surface area contributed by atoms with Crippen molar-refractivity contribution in [1.29, 1.82) is 0 Å². The van der Waals surface area contributed by atoms with Gasteiger partial charge in [-0.05, 0) is 96.2 Å². The summed E-state index contributed by atoms with van der Waals surface area (Å²) in [7, 11) is 0.